The Balaban J connectivity index is 1.88. The van der Waals surface area contributed by atoms with Gasteiger partial charge in [0, 0.05) is 37.6 Å². The number of imidazole rings is 1. The first-order chi connectivity index (χ1) is 16.4. The number of nitrogens with zero attached hydrogens (tertiary/aromatic N) is 3. The first-order valence-corrected chi connectivity index (χ1v) is 10.8. The Labute approximate surface area is 197 Å². The molecule has 0 bridgehead atoms. The number of anilines is 1. The van der Waals surface area contributed by atoms with Gasteiger partial charge in [0.05, 0.1) is 19.4 Å². The lowest BCUT2D eigenvalue weighted by Gasteiger charge is -2.22. The molecular formula is C24H28FN5O4. The number of methoxy groups -OCH3 is 2. The Hall–Kier alpha value is -3.92. The fourth-order valence-electron chi connectivity index (χ4n) is 3.22. The van der Waals surface area contributed by atoms with Crippen molar-refractivity contribution >= 4 is 17.9 Å². The first kappa shape index (κ1) is 24.7. The summed E-state index contributed by atoms with van der Waals surface area (Å²) in [5, 5.41) is 5.46. The van der Waals surface area contributed by atoms with Crippen LogP contribution >= 0.6 is 0 Å². The number of hydrogen-bond donors (Lipinski definition) is 2. The Morgan fingerprint density at radius 2 is 1.79 bits per heavy atom. The van der Waals surface area contributed by atoms with E-state index in [0.717, 1.165) is 5.56 Å². The second-order valence-electron chi connectivity index (χ2n) is 7.32. The third kappa shape index (κ3) is 6.32. The minimum atomic E-state index is -0.433. The molecular weight excluding hydrogens is 441 g/mol. The standard InChI is InChI=1S/C24H28FN5O4/c1-4-26-24(32)29(13-14-33-2)16-22(31)28-23-27-21(17-5-11-20(34-3)12-6-17)15-30(23)19-9-7-18(25)8-10-19/h5-12,15H,4,13-14,16H2,1-3H3,(H,26,32)(H,27,28,31). The highest BCUT2D eigenvalue weighted by Crippen LogP contribution is 2.26. The summed E-state index contributed by atoms with van der Waals surface area (Å²) < 4.78 is 25.4. The maximum absolute atomic E-state index is 13.5. The van der Waals surface area contributed by atoms with Gasteiger partial charge in [0.15, 0.2) is 0 Å². The van der Waals surface area contributed by atoms with Gasteiger partial charge in [-0.3, -0.25) is 14.7 Å². The van der Waals surface area contributed by atoms with E-state index in [1.54, 1.807) is 36.9 Å². The van der Waals surface area contributed by atoms with Gasteiger partial charge in [-0.25, -0.2) is 14.2 Å². The Morgan fingerprint density at radius 3 is 2.41 bits per heavy atom. The topological polar surface area (TPSA) is 97.7 Å². The highest BCUT2D eigenvalue weighted by molar-refractivity contribution is 5.93. The molecule has 3 rings (SSSR count). The molecule has 0 aliphatic rings. The zero-order valence-corrected chi connectivity index (χ0v) is 19.4. The largest absolute Gasteiger partial charge is 0.497 e. The third-order valence-corrected chi connectivity index (χ3v) is 4.96. The van der Waals surface area contributed by atoms with Crippen LogP contribution in [0, 0.1) is 5.82 Å². The van der Waals surface area contributed by atoms with Crippen molar-refractivity contribution < 1.29 is 23.5 Å². The van der Waals surface area contributed by atoms with Gasteiger partial charge in [-0.2, -0.15) is 0 Å². The van der Waals surface area contributed by atoms with Crippen LogP contribution in [0.15, 0.2) is 54.7 Å². The van der Waals surface area contributed by atoms with Gasteiger partial charge < -0.3 is 19.7 Å². The van der Waals surface area contributed by atoms with Crippen LogP contribution in [0.5, 0.6) is 5.75 Å². The number of halogens is 1. The number of carbonyl (C=O) groups excluding carboxylic acids is 2. The quantitative estimate of drug-likeness (QED) is 0.475. The lowest BCUT2D eigenvalue weighted by molar-refractivity contribution is -0.116. The van der Waals surface area contributed by atoms with Crippen LogP contribution in [0.2, 0.25) is 0 Å². The SMILES string of the molecule is CCNC(=O)N(CCOC)CC(=O)Nc1nc(-c2ccc(OC)cc2)cn1-c1ccc(F)cc1. The fourth-order valence-corrected chi connectivity index (χ4v) is 3.22. The minimum Gasteiger partial charge on any atom is -0.497 e. The number of rotatable bonds is 10. The van der Waals surface area contributed by atoms with Crippen molar-refractivity contribution in [1.82, 2.24) is 19.8 Å². The molecule has 3 amide bonds. The molecule has 3 aromatic rings. The molecule has 2 aromatic carbocycles. The molecule has 0 spiro atoms. The molecule has 0 saturated carbocycles. The van der Waals surface area contributed by atoms with Crippen molar-refractivity contribution in [3.8, 4) is 22.7 Å². The number of aromatic nitrogens is 2. The molecule has 0 saturated heterocycles. The van der Waals surface area contributed by atoms with E-state index in [1.165, 1.54) is 24.1 Å². The van der Waals surface area contributed by atoms with E-state index in [4.69, 9.17) is 9.47 Å². The number of nitrogens with one attached hydrogen (secondary N) is 2. The van der Waals surface area contributed by atoms with Crippen molar-refractivity contribution in [2.75, 3.05) is 45.8 Å². The van der Waals surface area contributed by atoms with Gasteiger partial charge in [-0.05, 0) is 55.5 Å². The molecule has 180 valence electrons. The molecule has 0 aliphatic heterocycles. The summed E-state index contributed by atoms with van der Waals surface area (Å²) in [7, 11) is 3.11. The maximum Gasteiger partial charge on any atom is 0.317 e. The van der Waals surface area contributed by atoms with Crippen LogP contribution in [-0.2, 0) is 9.53 Å². The van der Waals surface area contributed by atoms with Crippen LogP contribution in [0.3, 0.4) is 0 Å². The normalized spacial score (nSPS) is 10.6. The van der Waals surface area contributed by atoms with Gasteiger partial charge in [0.25, 0.3) is 0 Å². The summed E-state index contributed by atoms with van der Waals surface area (Å²) in [4.78, 5) is 31.1. The number of urea groups is 1. The minimum absolute atomic E-state index is 0.191. The smallest absolute Gasteiger partial charge is 0.317 e. The van der Waals surface area contributed by atoms with E-state index in [2.05, 4.69) is 15.6 Å². The zero-order valence-electron chi connectivity index (χ0n) is 19.4. The number of ether oxygens (including phenoxy) is 2. The number of benzene rings is 2. The Kier molecular flexibility index (Phi) is 8.58. The zero-order chi connectivity index (χ0) is 24.5. The monoisotopic (exact) mass is 469 g/mol. The molecule has 0 fully saturated rings. The average Bonchev–Trinajstić information content (AvgIpc) is 3.25. The number of hydrogen-bond acceptors (Lipinski definition) is 5. The van der Waals surface area contributed by atoms with Crippen LogP contribution in [-0.4, -0.2) is 66.9 Å². The van der Waals surface area contributed by atoms with Gasteiger partial charge >= 0.3 is 6.03 Å². The summed E-state index contributed by atoms with van der Waals surface area (Å²) >= 11 is 0. The molecule has 2 N–H and O–H groups in total. The lowest BCUT2D eigenvalue weighted by Crippen LogP contribution is -2.45. The maximum atomic E-state index is 13.5. The molecule has 34 heavy (non-hydrogen) atoms. The summed E-state index contributed by atoms with van der Waals surface area (Å²) in [6.07, 6.45) is 1.75. The highest BCUT2D eigenvalue weighted by atomic mass is 19.1. The van der Waals surface area contributed by atoms with Crippen molar-refractivity contribution in [3.63, 3.8) is 0 Å². The number of amides is 3. The second-order valence-corrected chi connectivity index (χ2v) is 7.32. The van der Waals surface area contributed by atoms with E-state index in [-0.39, 0.29) is 37.5 Å². The fraction of sp³-hybridized carbons (Fsp3) is 0.292. The van der Waals surface area contributed by atoms with Crippen molar-refractivity contribution in [2.24, 2.45) is 0 Å². The molecule has 1 heterocycles. The number of carbonyl (C=O) groups is 2. The van der Waals surface area contributed by atoms with Crippen LogP contribution in [0.25, 0.3) is 16.9 Å². The summed E-state index contributed by atoms with van der Waals surface area (Å²) in [5.74, 6) is 0.139. The van der Waals surface area contributed by atoms with E-state index >= 15 is 0 Å². The molecule has 10 heteroatoms. The summed E-state index contributed by atoms with van der Waals surface area (Å²) in [5.41, 5.74) is 2.02. The summed E-state index contributed by atoms with van der Waals surface area (Å²) in [6.45, 7) is 2.58. The van der Waals surface area contributed by atoms with Gasteiger partial charge in [-0.15, -0.1) is 0 Å². The van der Waals surface area contributed by atoms with Gasteiger partial charge in [0.2, 0.25) is 11.9 Å². The first-order valence-electron chi connectivity index (χ1n) is 10.8. The van der Waals surface area contributed by atoms with E-state index < -0.39 is 5.91 Å². The highest BCUT2D eigenvalue weighted by Gasteiger charge is 2.19. The molecule has 0 atom stereocenters. The Morgan fingerprint density at radius 1 is 1.09 bits per heavy atom. The van der Waals surface area contributed by atoms with E-state index in [1.807, 2.05) is 24.3 Å². The average molecular weight is 470 g/mol. The Bertz CT molecular complexity index is 1100. The molecule has 0 unspecified atom stereocenters. The predicted molar refractivity (Wildman–Crippen MR) is 127 cm³/mol. The van der Waals surface area contributed by atoms with Crippen LogP contribution in [0.4, 0.5) is 15.1 Å². The lowest BCUT2D eigenvalue weighted by atomic mass is 10.1. The van der Waals surface area contributed by atoms with Gasteiger partial charge in [0.1, 0.15) is 18.1 Å². The van der Waals surface area contributed by atoms with E-state index in [0.29, 0.717) is 23.7 Å². The van der Waals surface area contributed by atoms with E-state index in [9.17, 15) is 14.0 Å². The molecule has 0 aliphatic carbocycles. The third-order valence-electron chi connectivity index (χ3n) is 4.96. The molecule has 0 radical (unpaired) electrons. The van der Waals surface area contributed by atoms with Gasteiger partial charge in [-0.1, -0.05) is 0 Å². The molecule has 1 aromatic heterocycles. The predicted octanol–water partition coefficient (Wildman–Crippen LogP) is 3.30. The van der Waals surface area contributed by atoms with Crippen LogP contribution < -0.4 is 15.4 Å². The van der Waals surface area contributed by atoms with Crippen molar-refractivity contribution in [3.05, 3.63) is 60.5 Å². The van der Waals surface area contributed by atoms with Crippen molar-refractivity contribution in [1.29, 1.82) is 0 Å². The second kappa shape index (κ2) is 11.8. The summed E-state index contributed by atoms with van der Waals surface area (Å²) in [6, 6.07) is 12.8. The van der Waals surface area contributed by atoms with Crippen LogP contribution in [0.1, 0.15) is 6.92 Å². The molecule has 9 nitrogen and oxygen atoms in total. The van der Waals surface area contributed by atoms with Crippen molar-refractivity contribution in [2.45, 2.75) is 6.92 Å².